The summed E-state index contributed by atoms with van der Waals surface area (Å²) < 4.78 is 5.75. The SMILES string of the molecule is CC(C)C(=O)c1cc2ccc3ccccc3c2o1. The molecule has 0 unspecified atom stereocenters. The Morgan fingerprint density at radius 3 is 2.56 bits per heavy atom. The largest absolute Gasteiger partial charge is 0.452 e. The molecular formula is C16H14O2. The Morgan fingerprint density at radius 1 is 1.06 bits per heavy atom. The molecule has 90 valence electrons. The molecule has 18 heavy (non-hydrogen) atoms. The van der Waals surface area contributed by atoms with E-state index < -0.39 is 0 Å². The van der Waals surface area contributed by atoms with Crippen LogP contribution in [0, 0.1) is 5.92 Å². The minimum absolute atomic E-state index is 0.0446. The number of rotatable bonds is 2. The van der Waals surface area contributed by atoms with Crippen LogP contribution in [0.4, 0.5) is 0 Å². The fraction of sp³-hybridized carbons (Fsp3) is 0.188. The van der Waals surface area contributed by atoms with Crippen LogP contribution in [0.5, 0.6) is 0 Å². The van der Waals surface area contributed by atoms with Crippen LogP contribution in [0.3, 0.4) is 0 Å². The second-order valence-electron chi connectivity index (χ2n) is 4.83. The van der Waals surface area contributed by atoms with E-state index in [2.05, 4.69) is 6.07 Å². The van der Waals surface area contributed by atoms with E-state index in [9.17, 15) is 4.79 Å². The van der Waals surface area contributed by atoms with E-state index in [1.165, 1.54) is 0 Å². The second kappa shape index (κ2) is 3.98. The van der Waals surface area contributed by atoms with Crippen LogP contribution in [-0.2, 0) is 0 Å². The summed E-state index contributed by atoms with van der Waals surface area (Å²) in [5.41, 5.74) is 0.803. The third kappa shape index (κ3) is 1.61. The Labute approximate surface area is 105 Å². The Hall–Kier alpha value is -2.09. The fourth-order valence-corrected chi connectivity index (χ4v) is 2.17. The number of furan rings is 1. The Balaban J connectivity index is 2.29. The zero-order valence-corrected chi connectivity index (χ0v) is 10.4. The molecule has 0 aliphatic rings. The van der Waals surface area contributed by atoms with Crippen LogP contribution in [0.2, 0.25) is 0 Å². The first-order chi connectivity index (χ1) is 8.66. The molecule has 0 fully saturated rings. The molecule has 2 nitrogen and oxygen atoms in total. The molecule has 0 saturated carbocycles. The number of carbonyl (C=O) groups is 1. The minimum atomic E-state index is -0.0446. The van der Waals surface area contributed by atoms with Gasteiger partial charge in [-0.2, -0.15) is 0 Å². The van der Waals surface area contributed by atoms with Crippen LogP contribution in [0.1, 0.15) is 24.4 Å². The first kappa shape index (κ1) is 11.0. The lowest BCUT2D eigenvalue weighted by molar-refractivity contribution is 0.0913. The van der Waals surface area contributed by atoms with Gasteiger partial charge in [0.25, 0.3) is 0 Å². The first-order valence-corrected chi connectivity index (χ1v) is 6.12. The maximum Gasteiger partial charge on any atom is 0.200 e. The van der Waals surface area contributed by atoms with Gasteiger partial charge in [0.15, 0.2) is 5.76 Å². The molecule has 0 amide bonds. The van der Waals surface area contributed by atoms with E-state index in [1.54, 1.807) is 0 Å². The highest BCUT2D eigenvalue weighted by molar-refractivity contribution is 6.07. The molecule has 0 aliphatic carbocycles. The Morgan fingerprint density at radius 2 is 1.78 bits per heavy atom. The monoisotopic (exact) mass is 238 g/mol. The number of hydrogen-bond donors (Lipinski definition) is 0. The van der Waals surface area contributed by atoms with Crippen molar-refractivity contribution in [1.29, 1.82) is 0 Å². The highest BCUT2D eigenvalue weighted by atomic mass is 16.3. The van der Waals surface area contributed by atoms with E-state index in [4.69, 9.17) is 4.42 Å². The Bertz CT molecular complexity index is 735. The van der Waals surface area contributed by atoms with Gasteiger partial charge in [-0.15, -0.1) is 0 Å². The lowest BCUT2D eigenvalue weighted by Crippen LogP contribution is -2.05. The van der Waals surface area contributed by atoms with E-state index in [0.717, 1.165) is 21.7 Å². The maximum absolute atomic E-state index is 12.0. The third-order valence-corrected chi connectivity index (χ3v) is 3.18. The van der Waals surface area contributed by atoms with Crippen molar-refractivity contribution in [2.45, 2.75) is 13.8 Å². The summed E-state index contributed by atoms with van der Waals surface area (Å²) in [6.45, 7) is 3.77. The average molecular weight is 238 g/mol. The number of Topliss-reactive ketones (excluding diaryl/α,β-unsaturated/α-hetero) is 1. The van der Waals surface area contributed by atoms with Gasteiger partial charge in [0.2, 0.25) is 5.78 Å². The van der Waals surface area contributed by atoms with Crippen LogP contribution >= 0.6 is 0 Å². The van der Waals surface area contributed by atoms with Crippen molar-refractivity contribution in [1.82, 2.24) is 0 Å². The molecule has 0 bridgehead atoms. The number of fused-ring (bicyclic) bond motifs is 3. The lowest BCUT2D eigenvalue weighted by Gasteiger charge is -1.99. The van der Waals surface area contributed by atoms with Crippen LogP contribution in [0.25, 0.3) is 21.7 Å². The summed E-state index contributed by atoms with van der Waals surface area (Å²) in [6.07, 6.45) is 0. The van der Waals surface area contributed by atoms with Crippen LogP contribution < -0.4 is 0 Å². The maximum atomic E-state index is 12.0. The molecule has 2 heteroatoms. The van der Waals surface area contributed by atoms with Gasteiger partial charge < -0.3 is 4.42 Å². The summed E-state index contributed by atoms with van der Waals surface area (Å²) in [4.78, 5) is 12.0. The van der Waals surface area contributed by atoms with Crippen LogP contribution in [-0.4, -0.2) is 5.78 Å². The molecule has 0 atom stereocenters. The van der Waals surface area contributed by atoms with Gasteiger partial charge in [0.1, 0.15) is 5.58 Å². The lowest BCUT2D eigenvalue weighted by atomic mass is 10.1. The number of benzene rings is 2. The van der Waals surface area contributed by atoms with Gasteiger partial charge in [-0.3, -0.25) is 4.79 Å². The zero-order valence-electron chi connectivity index (χ0n) is 10.4. The third-order valence-electron chi connectivity index (χ3n) is 3.18. The van der Waals surface area contributed by atoms with Gasteiger partial charge in [-0.1, -0.05) is 50.2 Å². The highest BCUT2D eigenvalue weighted by Crippen LogP contribution is 2.28. The summed E-state index contributed by atoms with van der Waals surface area (Å²) >= 11 is 0. The molecule has 0 N–H and O–H groups in total. The molecular weight excluding hydrogens is 224 g/mol. The molecule has 2 aromatic carbocycles. The molecule has 1 aromatic heterocycles. The molecule has 0 saturated heterocycles. The van der Waals surface area contributed by atoms with E-state index in [-0.39, 0.29) is 11.7 Å². The van der Waals surface area contributed by atoms with Gasteiger partial charge in [-0.05, 0) is 11.5 Å². The molecule has 0 aliphatic heterocycles. The number of hydrogen-bond acceptors (Lipinski definition) is 2. The van der Waals surface area contributed by atoms with E-state index in [1.807, 2.05) is 50.2 Å². The molecule has 0 radical (unpaired) electrons. The van der Waals surface area contributed by atoms with Gasteiger partial charge >= 0.3 is 0 Å². The second-order valence-corrected chi connectivity index (χ2v) is 4.83. The standard InChI is InChI=1S/C16H14O2/c1-10(2)15(17)14-9-12-8-7-11-5-3-4-6-13(11)16(12)18-14/h3-10H,1-2H3. The van der Waals surface area contributed by atoms with Gasteiger partial charge in [0, 0.05) is 16.7 Å². The summed E-state index contributed by atoms with van der Waals surface area (Å²) in [5.74, 6) is 0.462. The van der Waals surface area contributed by atoms with Crippen molar-refractivity contribution >= 4 is 27.5 Å². The minimum Gasteiger partial charge on any atom is -0.452 e. The first-order valence-electron chi connectivity index (χ1n) is 6.12. The van der Waals surface area contributed by atoms with E-state index >= 15 is 0 Å². The smallest absolute Gasteiger partial charge is 0.200 e. The highest BCUT2D eigenvalue weighted by Gasteiger charge is 2.16. The van der Waals surface area contributed by atoms with Crippen molar-refractivity contribution in [2.75, 3.05) is 0 Å². The number of ketones is 1. The molecule has 1 heterocycles. The topological polar surface area (TPSA) is 30.2 Å². The van der Waals surface area contributed by atoms with Gasteiger partial charge in [-0.25, -0.2) is 0 Å². The van der Waals surface area contributed by atoms with Crippen molar-refractivity contribution in [3.63, 3.8) is 0 Å². The number of carbonyl (C=O) groups excluding carboxylic acids is 1. The van der Waals surface area contributed by atoms with Crippen molar-refractivity contribution in [3.05, 3.63) is 48.2 Å². The zero-order chi connectivity index (χ0) is 12.7. The predicted molar refractivity (Wildman–Crippen MR) is 72.9 cm³/mol. The predicted octanol–water partition coefficient (Wildman–Crippen LogP) is 4.42. The van der Waals surface area contributed by atoms with Crippen molar-refractivity contribution < 1.29 is 9.21 Å². The summed E-state index contributed by atoms with van der Waals surface area (Å²) in [7, 11) is 0. The molecule has 0 spiro atoms. The van der Waals surface area contributed by atoms with Crippen molar-refractivity contribution in [3.8, 4) is 0 Å². The van der Waals surface area contributed by atoms with Gasteiger partial charge in [0.05, 0.1) is 0 Å². The quantitative estimate of drug-likeness (QED) is 0.618. The average Bonchev–Trinajstić information content (AvgIpc) is 2.81. The molecule has 3 aromatic rings. The normalized spacial score (nSPS) is 11.5. The summed E-state index contributed by atoms with van der Waals surface area (Å²) in [6, 6.07) is 13.9. The Kier molecular flexibility index (Phi) is 2.44. The summed E-state index contributed by atoms with van der Waals surface area (Å²) in [5, 5.41) is 3.17. The van der Waals surface area contributed by atoms with Crippen LogP contribution in [0.15, 0.2) is 46.9 Å². The van der Waals surface area contributed by atoms with E-state index in [0.29, 0.717) is 5.76 Å². The molecule has 3 rings (SSSR count). The van der Waals surface area contributed by atoms with Crippen molar-refractivity contribution in [2.24, 2.45) is 5.92 Å². The fourth-order valence-electron chi connectivity index (χ4n) is 2.17.